The van der Waals surface area contributed by atoms with E-state index >= 15 is 0 Å². The Bertz CT molecular complexity index is 1300. The highest BCUT2D eigenvalue weighted by Gasteiger charge is 2.44. The lowest BCUT2D eigenvalue weighted by molar-refractivity contribution is -0.123. The number of fused-ring (bicyclic) bond motifs is 1. The van der Waals surface area contributed by atoms with Crippen LogP contribution in [-0.2, 0) is 4.79 Å². The molecule has 3 aromatic heterocycles. The maximum Gasteiger partial charge on any atom is 0.243 e. The Morgan fingerprint density at radius 2 is 2.03 bits per heavy atom. The molecule has 10 heteroatoms. The molecular formula is C27H37N9O. The molecule has 2 saturated heterocycles. The molecule has 2 atom stereocenters. The van der Waals surface area contributed by atoms with Gasteiger partial charge in [0.1, 0.15) is 11.7 Å². The monoisotopic (exact) mass is 503 g/mol. The van der Waals surface area contributed by atoms with Crippen LogP contribution >= 0.6 is 0 Å². The van der Waals surface area contributed by atoms with E-state index in [0.717, 1.165) is 49.9 Å². The second-order valence-corrected chi connectivity index (χ2v) is 12.3. The fourth-order valence-electron chi connectivity index (χ4n) is 6.16. The lowest BCUT2D eigenvalue weighted by Crippen LogP contribution is -2.53. The van der Waals surface area contributed by atoms with E-state index in [-0.39, 0.29) is 23.4 Å². The van der Waals surface area contributed by atoms with Crippen LogP contribution in [0.4, 0.5) is 17.7 Å². The Hall–Kier alpha value is -3.14. The van der Waals surface area contributed by atoms with Gasteiger partial charge >= 0.3 is 0 Å². The molecule has 5 heterocycles. The van der Waals surface area contributed by atoms with Gasteiger partial charge < -0.3 is 15.5 Å². The van der Waals surface area contributed by atoms with Crippen LogP contribution in [0.25, 0.3) is 5.65 Å². The summed E-state index contributed by atoms with van der Waals surface area (Å²) in [5, 5.41) is 14.4. The summed E-state index contributed by atoms with van der Waals surface area (Å²) in [6.45, 7) is 7.31. The Morgan fingerprint density at radius 1 is 1.16 bits per heavy atom. The van der Waals surface area contributed by atoms with Gasteiger partial charge in [-0.25, -0.2) is 0 Å². The smallest absolute Gasteiger partial charge is 0.243 e. The quantitative estimate of drug-likeness (QED) is 0.454. The van der Waals surface area contributed by atoms with Crippen molar-refractivity contribution < 1.29 is 4.79 Å². The van der Waals surface area contributed by atoms with Crippen LogP contribution in [0.15, 0.2) is 24.4 Å². The maximum atomic E-state index is 13.7. The van der Waals surface area contributed by atoms with Crippen molar-refractivity contribution in [2.45, 2.75) is 82.8 Å². The summed E-state index contributed by atoms with van der Waals surface area (Å²) in [5.41, 5.74) is 1.95. The first-order valence-electron chi connectivity index (χ1n) is 13.9. The Labute approximate surface area is 217 Å². The van der Waals surface area contributed by atoms with Crippen molar-refractivity contribution in [3.05, 3.63) is 30.1 Å². The minimum atomic E-state index is -0.289. The van der Waals surface area contributed by atoms with Crippen LogP contribution in [0.5, 0.6) is 0 Å². The van der Waals surface area contributed by atoms with Crippen LogP contribution in [0.3, 0.4) is 0 Å². The molecule has 0 unspecified atom stereocenters. The minimum Gasteiger partial charge on any atom is -0.350 e. The molecule has 1 amide bonds. The molecule has 0 radical (unpaired) electrons. The third-order valence-electron chi connectivity index (χ3n) is 8.37. The van der Waals surface area contributed by atoms with Crippen LogP contribution in [0.1, 0.15) is 70.4 Å². The number of hydrogen-bond donors (Lipinski definition) is 3. The molecule has 4 aliphatic rings. The zero-order valence-electron chi connectivity index (χ0n) is 21.8. The van der Waals surface area contributed by atoms with Crippen molar-refractivity contribution in [1.29, 1.82) is 0 Å². The molecule has 37 heavy (non-hydrogen) atoms. The fraction of sp³-hybridized carbons (Fsp3) is 0.630. The minimum absolute atomic E-state index is 0.0128. The fourth-order valence-corrected chi connectivity index (χ4v) is 6.16. The van der Waals surface area contributed by atoms with E-state index in [1.807, 2.05) is 22.7 Å². The van der Waals surface area contributed by atoms with Gasteiger partial charge in [0.2, 0.25) is 17.8 Å². The number of nitrogens with zero attached hydrogens (tertiary/aromatic N) is 6. The van der Waals surface area contributed by atoms with Crippen LogP contribution in [0.2, 0.25) is 0 Å². The molecule has 10 nitrogen and oxygen atoms in total. The Morgan fingerprint density at radius 3 is 2.84 bits per heavy atom. The van der Waals surface area contributed by atoms with Gasteiger partial charge in [0, 0.05) is 49.0 Å². The molecule has 0 bridgehead atoms. The van der Waals surface area contributed by atoms with Gasteiger partial charge in [0.05, 0.1) is 0 Å². The highest BCUT2D eigenvalue weighted by Crippen LogP contribution is 2.40. The van der Waals surface area contributed by atoms with Gasteiger partial charge in [-0.1, -0.05) is 13.8 Å². The Kier molecular flexibility index (Phi) is 5.42. The maximum absolute atomic E-state index is 13.7. The number of carbonyl (C=O) groups is 1. The van der Waals surface area contributed by atoms with Crippen molar-refractivity contribution in [3.63, 3.8) is 0 Å². The van der Waals surface area contributed by atoms with E-state index < -0.39 is 0 Å². The number of amides is 1. The summed E-state index contributed by atoms with van der Waals surface area (Å²) in [5.74, 6) is 2.68. The molecular weight excluding hydrogens is 466 g/mol. The average Bonchev–Trinajstić information content (AvgIpc) is 3.78. The molecule has 3 N–H and O–H groups in total. The summed E-state index contributed by atoms with van der Waals surface area (Å²) in [6, 6.07) is 6.68. The average molecular weight is 504 g/mol. The molecule has 0 spiro atoms. The second kappa shape index (κ2) is 8.72. The van der Waals surface area contributed by atoms with E-state index in [1.165, 1.54) is 37.9 Å². The topological polar surface area (TPSA) is 106 Å². The molecule has 7 rings (SSSR count). The number of H-pyrrole nitrogens is 1. The lowest BCUT2D eigenvalue weighted by atomic mass is 9.90. The summed E-state index contributed by atoms with van der Waals surface area (Å²) >= 11 is 0. The van der Waals surface area contributed by atoms with E-state index in [4.69, 9.17) is 9.97 Å². The SMILES string of the molecule is CC1(C)C[C@@H](C(=O)N[C@@H]2CCCN(C3CC3)C2)N(c2nc(Nc3cc(C4CC4)[nH]n3)n3cccc3n2)C1. The first kappa shape index (κ1) is 23.0. The molecule has 0 aromatic carbocycles. The van der Waals surface area contributed by atoms with Gasteiger partial charge in [-0.15, -0.1) is 0 Å². The second-order valence-electron chi connectivity index (χ2n) is 12.3. The van der Waals surface area contributed by atoms with E-state index in [1.54, 1.807) is 0 Å². The largest absolute Gasteiger partial charge is 0.350 e. The standard InChI is InChI=1S/C27H37N9O/c1-27(2)14-21(24(37)28-18-5-3-11-34(15-18)19-9-10-19)36(16-27)26-30-23-6-4-12-35(23)25(31-26)29-22-13-20(32-33-22)17-7-8-17/h4,6,12-13,17-19,21H,3,5,7-11,14-16H2,1-2H3,(H,28,37)(H2,29,30,31,32,33)/t18-,21+/m1/s1. The molecule has 2 saturated carbocycles. The first-order valence-corrected chi connectivity index (χ1v) is 13.9. The zero-order valence-corrected chi connectivity index (χ0v) is 21.8. The normalized spacial score (nSPS) is 26.1. The van der Waals surface area contributed by atoms with Crippen molar-refractivity contribution in [2.75, 3.05) is 29.9 Å². The van der Waals surface area contributed by atoms with Crippen molar-refractivity contribution in [1.82, 2.24) is 34.8 Å². The van der Waals surface area contributed by atoms with E-state index in [2.05, 4.69) is 50.5 Å². The Balaban J connectivity index is 1.14. The lowest BCUT2D eigenvalue weighted by Gasteiger charge is -2.34. The summed E-state index contributed by atoms with van der Waals surface area (Å²) in [6.07, 6.45) is 9.98. The van der Waals surface area contributed by atoms with Crippen LogP contribution in [-0.4, -0.2) is 73.1 Å². The summed E-state index contributed by atoms with van der Waals surface area (Å²) in [4.78, 5) is 28.2. The number of carbonyl (C=O) groups excluding carboxylic acids is 1. The number of nitrogens with one attached hydrogen (secondary N) is 3. The van der Waals surface area contributed by atoms with Crippen molar-refractivity contribution in [2.24, 2.45) is 5.41 Å². The van der Waals surface area contributed by atoms with Gasteiger partial charge in [-0.2, -0.15) is 15.1 Å². The van der Waals surface area contributed by atoms with Gasteiger partial charge in [-0.3, -0.25) is 19.2 Å². The predicted molar refractivity (Wildman–Crippen MR) is 142 cm³/mol. The molecule has 2 aliphatic carbocycles. The number of hydrogen-bond acceptors (Lipinski definition) is 7. The van der Waals surface area contributed by atoms with E-state index in [9.17, 15) is 4.79 Å². The number of aromatic nitrogens is 5. The highest BCUT2D eigenvalue weighted by atomic mass is 16.2. The first-order chi connectivity index (χ1) is 17.9. The van der Waals surface area contributed by atoms with Crippen molar-refractivity contribution in [3.8, 4) is 0 Å². The molecule has 4 fully saturated rings. The van der Waals surface area contributed by atoms with Gasteiger partial charge in [0.15, 0.2) is 5.82 Å². The highest BCUT2D eigenvalue weighted by molar-refractivity contribution is 5.86. The van der Waals surface area contributed by atoms with E-state index in [0.29, 0.717) is 17.8 Å². The number of piperidine rings is 1. The third-order valence-corrected chi connectivity index (χ3v) is 8.37. The molecule has 3 aromatic rings. The number of rotatable bonds is 7. The van der Waals surface area contributed by atoms with Crippen LogP contribution < -0.4 is 15.5 Å². The number of aromatic amines is 1. The zero-order chi connectivity index (χ0) is 25.1. The summed E-state index contributed by atoms with van der Waals surface area (Å²) < 4.78 is 1.93. The number of anilines is 3. The number of likely N-dealkylation sites (tertiary alicyclic amines) is 1. The van der Waals surface area contributed by atoms with Crippen molar-refractivity contribution >= 4 is 29.3 Å². The van der Waals surface area contributed by atoms with Crippen LogP contribution in [0, 0.1) is 5.41 Å². The summed E-state index contributed by atoms with van der Waals surface area (Å²) in [7, 11) is 0. The predicted octanol–water partition coefficient (Wildman–Crippen LogP) is 3.42. The third kappa shape index (κ3) is 4.67. The molecule has 196 valence electrons. The van der Waals surface area contributed by atoms with Gasteiger partial charge in [0.25, 0.3) is 0 Å². The molecule has 2 aliphatic heterocycles. The van der Waals surface area contributed by atoms with Gasteiger partial charge in [-0.05, 0) is 69.0 Å².